The number of hydrogen-bond acceptors (Lipinski definition) is 3. The van der Waals surface area contributed by atoms with E-state index < -0.39 is 15.8 Å². The molecule has 21 heavy (non-hydrogen) atoms. The van der Waals surface area contributed by atoms with Crippen molar-refractivity contribution in [3.63, 3.8) is 0 Å². The molecular formula is C14H22ClFN2O2S. The summed E-state index contributed by atoms with van der Waals surface area (Å²) >= 11 is 5.89. The maximum atomic E-state index is 13.8. The van der Waals surface area contributed by atoms with Crippen molar-refractivity contribution in [2.24, 2.45) is 0 Å². The van der Waals surface area contributed by atoms with Gasteiger partial charge in [-0.1, -0.05) is 31.9 Å². The highest BCUT2D eigenvalue weighted by Gasteiger charge is 2.18. The van der Waals surface area contributed by atoms with Gasteiger partial charge in [0.2, 0.25) is 10.0 Å². The number of nitrogens with one attached hydrogen (secondary N) is 2. The van der Waals surface area contributed by atoms with Crippen LogP contribution in [0.1, 0.15) is 38.7 Å². The summed E-state index contributed by atoms with van der Waals surface area (Å²) in [4.78, 5) is -0.0891. The molecule has 0 spiro atoms. The first kappa shape index (κ1) is 18.4. The monoisotopic (exact) mass is 336 g/mol. The zero-order valence-corrected chi connectivity index (χ0v) is 14.0. The van der Waals surface area contributed by atoms with E-state index in [2.05, 4.69) is 10.0 Å². The maximum absolute atomic E-state index is 13.8. The van der Waals surface area contributed by atoms with Crippen molar-refractivity contribution in [1.82, 2.24) is 10.0 Å². The van der Waals surface area contributed by atoms with Gasteiger partial charge in [-0.2, -0.15) is 0 Å². The molecule has 1 aromatic rings. The van der Waals surface area contributed by atoms with Crippen molar-refractivity contribution in [2.45, 2.75) is 44.6 Å². The van der Waals surface area contributed by atoms with Gasteiger partial charge in [-0.15, -0.1) is 0 Å². The quantitative estimate of drug-likeness (QED) is 0.681. The first-order chi connectivity index (χ1) is 9.92. The van der Waals surface area contributed by atoms with E-state index in [-0.39, 0.29) is 9.92 Å². The van der Waals surface area contributed by atoms with Crippen molar-refractivity contribution in [1.29, 1.82) is 0 Å². The van der Waals surface area contributed by atoms with Gasteiger partial charge in [-0.25, -0.2) is 17.5 Å². The Morgan fingerprint density at radius 1 is 1.19 bits per heavy atom. The number of halogens is 2. The number of sulfonamides is 1. The van der Waals surface area contributed by atoms with Crippen LogP contribution in [-0.4, -0.2) is 21.5 Å². The van der Waals surface area contributed by atoms with E-state index in [0.717, 1.165) is 31.9 Å². The molecule has 0 radical (unpaired) electrons. The van der Waals surface area contributed by atoms with E-state index in [4.69, 9.17) is 11.6 Å². The molecule has 0 aliphatic heterocycles. The van der Waals surface area contributed by atoms with Crippen LogP contribution in [-0.2, 0) is 16.6 Å². The van der Waals surface area contributed by atoms with Crippen molar-refractivity contribution >= 4 is 21.6 Å². The predicted molar refractivity (Wildman–Crippen MR) is 83.5 cm³/mol. The van der Waals surface area contributed by atoms with E-state index in [1.165, 1.54) is 6.07 Å². The van der Waals surface area contributed by atoms with Crippen LogP contribution in [0.5, 0.6) is 0 Å². The minimum absolute atomic E-state index is 0.0360. The molecule has 0 bridgehead atoms. The Morgan fingerprint density at radius 2 is 1.90 bits per heavy atom. The second-order valence-electron chi connectivity index (χ2n) is 4.81. The van der Waals surface area contributed by atoms with Gasteiger partial charge >= 0.3 is 0 Å². The van der Waals surface area contributed by atoms with Crippen LogP contribution in [0.2, 0.25) is 5.02 Å². The normalized spacial score (nSPS) is 11.8. The fourth-order valence-corrected chi connectivity index (χ4v) is 3.08. The fourth-order valence-electron chi connectivity index (χ4n) is 1.77. The van der Waals surface area contributed by atoms with Crippen LogP contribution >= 0.6 is 11.6 Å². The minimum Gasteiger partial charge on any atom is -0.313 e. The molecule has 0 saturated carbocycles. The molecule has 0 heterocycles. The van der Waals surface area contributed by atoms with E-state index in [9.17, 15) is 12.8 Å². The summed E-state index contributed by atoms with van der Waals surface area (Å²) in [5.74, 6) is -0.719. The van der Waals surface area contributed by atoms with Crippen LogP contribution in [0.25, 0.3) is 0 Å². The predicted octanol–water partition coefficient (Wildman–Crippen LogP) is 3.06. The molecule has 0 aliphatic carbocycles. The topological polar surface area (TPSA) is 58.2 Å². The lowest BCUT2D eigenvalue weighted by atomic mass is 10.2. The zero-order chi connectivity index (χ0) is 15.9. The molecule has 0 atom stereocenters. The van der Waals surface area contributed by atoms with E-state index in [1.54, 1.807) is 0 Å². The minimum atomic E-state index is -3.70. The van der Waals surface area contributed by atoms with Gasteiger partial charge in [0, 0.05) is 13.1 Å². The molecule has 1 rings (SSSR count). The van der Waals surface area contributed by atoms with Crippen molar-refractivity contribution in [3.05, 3.63) is 28.5 Å². The fraction of sp³-hybridized carbons (Fsp3) is 0.571. The Kier molecular flexibility index (Phi) is 7.59. The average molecular weight is 337 g/mol. The molecule has 0 amide bonds. The molecule has 0 fully saturated rings. The van der Waals surface area contributed by atoms with Gasteiger partial charge in [-0.05, 0) is 37.1 Å². The average Bonchev–Trinajstić information content (AvgIpc) is 2.43. The molecule has 120 valence electrons. The Hall–Kier alpha value is -0.690. The Labute approximate surface area is 131 Å². The van der Waals surface area contributed by atoms with Crippen molar-refractivity contribution < 1.29 is 12.8 Å². The Morgan fingerprint density at radius 3 is 2.52 bits per heavy atom. The van der Waals surface area contributed by atoms with Crippen LogP contribution in [0.15, 0.2) is 17.0 Å². The van der Waals surface area contributed by atoms with Gasteiger partial charge < -0.3 is 5.32 Å². The molecule has 0 aliphatic rings. The van der Waals surface area contributed by atoms with Crippen LogP contribution < -0.4 is 10.0 Å². The number of benzene rings is 1. The van der Waals surface area contributed by atoms with E-state index in [1.807, 2.05) is 13.8 Å². The first-order valence-electron chi connectivity index (χ1n) is 7.10. The smallest absolute Gasteiger partial charge is 0.240 e. The van der Waals surface area contributed by atoms with Crippen molar-refractivity contribution in [3.8, 4) is 0 Å². The van der Waals surface area contributed by atoms with Crippen LogP contribution in [0, 0.1) is 5.82 Å². The number of unbranched alkanes of at least 4 members (excludes halogenated alkanes) is 1. The largest absolute Gasteiger partial charge is 0.313 e. The van der Waals surface area contributed by atoms with Gasteiger partial charge in [0.1, 0.15) is 5.82 Å². The van der Waals surface area contributed by atoms with E-state index >= 15 is 0 Å². The molecule has 0 aromatic heterocycles. The zero-order valence-electron chi connectivity index (χ0n) is 12.4. The summed E-state index contributed by atoms with van der Waals surface area (Å²) in [6.07, 6.45) is 2.54. The highest BCUT2D eigenvalue weighted by atomic mass is 35.5. The molecule has 7 heteroatoms. The third-order valence-electron chi connectivity index (χ3n) is 2.95. The molecule has 0 unspecified atom stereocenters. The third kappa shape index (κ3) is 5.54. The highest BCUT2D eigenvalue weighted by Crippen LogP contribution is 2.24. The molecule has 2 N–H and O–H groups in total. The van der Waals surface area contributed by atoms with Gasteiger partial charge in [0.15, 0.2) is 0 Å². The lowest BCUT2D eigenvalue weighted by Gasteiger charge is -2.11. The first-order valence-corrected chi connectivity index (χ1v) is 8.96. The summed E-state index contributed by atoms with van der Waals surface area (Å²) in [7, 11) is -3.70. The second-order valence-corrected chi connectivity index (χ2v) is 6.95. The Bertz CT molecular complexity index is 564. The van der Waals surface area contributed by atoms with Crippen LogP contribution in [0.4, 0.5) is 4.39 Å². The Balaban J connectivity index is 2.97. The molecule has 1 aromatic carbocycles. The highest BCUT2D eigenvalue weighted by molar-refractivity contribution is 7.89. The van der Waals surface area contributed by atoms with Crippen LogP contribution in [0.3, 0.4) is 0 Å². The summed E-state index contributed by atoms with van der Waals surface area (Å²) in [5, 5.41) is 3.05. The van der Waals surface area contributed by atoms with Gasteiger partial charge in [0.25, 0.3) is 0 Å². The second kappa shape index (κ2) is 8.68. The molecule has 0 saturated heterocycles. The summed E-state index contributed by atoms with van der Waals surface area (Å²) < 4.78 is 40.5. The lowest BCUT2D eigenvalue weighted by molar-refractivity contribution is 0.573. The molecular weight excluding hydrogens is 315 g/mol. The molecule has 4 nitrogen and oxygen atoms in total. The maximum Gasteiger partial charge on any atom is 0.240 e. The van der Waals surface area contributed by atoms with Crippen molar-refractivity contribution in [2.75, 3.05) is 13.1 Å². The SMILES string of the molecule is CCCCNS(=O)(=O)c1cc(F)c(Cl)c(CNCCC)c1. The third-order valence-corrected chi connectivity index (χ3v) is 4.82. The summed E-state index contributed by atoms with van der Waals surface area (Å²) in [6.45, 7) is 5.40. The summed E-state index contributed by atoms with van der Waals surface area (Å²) in [5.41, 5.74) is 0.445. The standard InChI is InChI=1S/C14H22ClFN2O2S/c1-3-5-7-18-21(19,20)12-8-11(10-17-6-4-2)14(15)13(16)9-12/h8-9,17-18H,3-7,10H2,1-2H3. The number of rotatable bonds is 9. The van der Waals surface area contributed by atoms with E-state index in [0.29, 0.717) is 18.7 Å². The van der Waals surface area contributed by atoms with Gasteiger partial charge in [0.05, 0.1) is 9.92 Å². The van der Waals surface area contributed by atoms with Gasteiger partial charge in [-0.3, -0.25) is 0 Å². The number of hydrogen-bond donors (Lipinski definition) is 2. The summed E-state index contributed by atoms with van der Waals surface area (Å²) in [6, 6.07) is 2.38. The lowest BCUT2D eigenvalue weighted by Crippen LogP contribution is -2.25.